The van der Waals surface area contributed by atoms with Gasteiger partial charge in [-0.1, -0.05) is 25.5 Å². The maximum atomic E-state index is 12.6. The van der Waals surface area contributed by atoms with Gasteiger partial charge in [-0.15, -0.1) is 0 Å². The van der Waals surface area contributed by atoms with Gasteiger partial charge in [-0.2, -0.15) is 0 Å². The van der Waals surface area contributed by atoms with Gasteiger partial charge in [0.2, 0.25) is 5.60 Å². The molecule has 8 atom stereocenters. The van der Waals surface area contributed by atoms with Gasteiger partial charge >= 0.3 is 11.9 Å². The molecule has 5 aliphatic rings. The Morgan fingerprint density at radius 3 is 2.45 bits per heavy atom. The summed E-state index contributed by atoms with van der Waals surface area (Å²) < 4.78 is 17.1. The number of hydrogen-bond acceptors (Lipinski definition) is 6. The van der Waals surface area contributed by atoms with Gasteiger partial charge in [-0.3, -0.25) is 14.4 Å². The summed E-state index contributed by atoms with van der Waals surface area (Å²) in [7, 11) is 0. The normalized spacial score (nSPS) is 47.6. The van der Waals surface area contributed by atoms with E-state index in [1.807, 2.05) is 0 Å². The Hall–Kier alpha value is -1.89. The highest BCUT2D eigenvalue weighted by atomic mass is 16.7. The summed E-state index contributed by atoms with van der Waals surface area (Å²) in [4.78, 5) is 35.5. The summed E-state index contributed by atoms with van der Waals surface area (Å²) in [6, 6.07) is 0. The molecule has 3 saturated carbocycles. The van der Waals surface area contributed by atoms with Crippen LogP contribution in [0.3, 0.4) is 0 Å². The highest BCUT2D eigenvalue weighted by Gasteiger charge is 2.84. The molecule has 1 aliphatic heterocycles. The lowest BCUT2D eigenvalue weighted by molar-refractivity contribution is -0.148. The zero-order valence-corrected chi connectivity index (χ0v) is 20.3. The summed E-state index contributed by atoms with van der Waals surface area (Å²) in [5.41, 5.74) is 5.44. The highest BCUT2D eigenvalue weighted by Crippen LogP contribution is 2.75. The Morgan fingerprint density at radius 1 is 1.06 bits per heavy atom. The summed E-state index contributed by atoms with van der Waals surface area (Å²) >= 11 is 0. The van der Waals surface area contributed by atoms with E-state index in [-0.39, 0.29) is 29.5 Å². The fourth-order valence-corrected chi connectivity index (χ4v) is 8.73. The van der Waals surface area contributed by atoms with Crippen LogP contribution in [0.15, 0.2) is 11.6 Å². The van der Waals surface area contributed by atoms with Crippen LogP contribution in [0.25, 0.3) is 0 Å². The molecule has 0 bridgehead atoms. The van der Waals surface area contributed by atoms with Crippen molar-refractivity contribution in [3.8, 4) is 0 Å². The number of carbonyl (C=O) groups excluding carboxylic acids is 3. The fourth-order valence-electron chi connectivity index (χ4n) is 8.73. The highest BCUT2D eigenvalue weighted by molar-refractivity contribution is 5.89. The lowest BCUT2D eigenvalue weighted by atomic mass is 9.47. The molecule has 0 aromatic heterocycles. The second kappa shape index (κ2) is 7.30. The molecule has 7 heteroatoms. The molecule has 4 aliphatic carbocycles. The predicted molar refractivity (Wildman–Crippen MR) is 120 cm³/mol. The van der Waals surface area contributed by atoms with E-state index in [2.05, 4.69) is 19.9 Å². The first kappa shape index (κ1) is 22.9. The van der Waals surface area contributed by atoms with Gasteiger partial charge in [0.25, 0.3) is 5.91 Å². The zero-order valence-electron chi connectivity index (χ0n) is 20.3. The minimum absolute atomic E-state index is 0.000644. The molecule has 4 fully saturated rings. The molecule has 1 amide bonds. The predicted octanol–water partition coefficient (Wildman–Crippen LogP) is 3.44. The monoisotopic (exact) mass is 459 g/mol. The van der Waals surface area contributed by atoms with Crippen molar-refractivity contribution in [2.24, 2.45) is 34.3 Å². The molecule has 1 saturated heterocycles. The number of esters is 2. The van der Waals surface area contributed by atoms with Gasteiger partial charge in [-0.25, -0.2) is 0 Å². The van der Waals surface area contributed by atoms with Crippen molar-refractivity contribution in [3.05, 3.63) is 11.6 Å². The molecule has 0 aromatic carbocycles. The van der Waals surface area contributed by atoms with Crippen LogP contribution < -0.4 is 5.73 Å². The van der Waals surface area contributed by atoms with Gasteiger partial charge in [0.05, 0.1) is 0 Å². The Labute approximate surface area is 195 Å². The number of epoxide rings is 1. The minimum atomic E-state index is -1.20. The molecule has 33 heavy (non-hydrogen) atoms. The van der Waals surface area contributed by atoms with E-state index in [9.17, 15) is 14.4 Å². The Kier molecular flexibility index (Phi) is 5.06. The molecule has 8 unspecified atom stereocenters. The number of amides is 1. The van der Waals surface area contributed by atoms with Crippen molar-refractivity contribution in [2.75, 3.05) is 6.61 Å². The number of ether oxygens (including phenoxy) is 3. The third-order valence-electron chi connectivity index (χ3n) is 10.3. The lowest BCUT2D eigenvalue weighted by Gasteiger charge is -2.58. The number of primary amides is 1. The summed E-state index contributed by atoms with van der Waals surface area (Å²) in [6.45, 7) is 7.43. The SMILES string of the molecule is CC(=O)OCC1(C(N)=O)OC12CCC1C3CC=C4CC(OC(C)=O)CCC4(C)C3CCC12C. The van der Waals surface area contributed by atoms with E-state index in [1.165, 1.54) is 19.4 Å². The molecule has 1 heterocycles. The van der Waals surface area contributed by atoms with Crippen LogP contribution in [0, 0.1) is 28.6 Å². The first-order chi connectivity index (χ1) is 15.5. The van der Waals surface area contributed by atoms with Crippen LogP contribution >= 0.6 is 0 Å². The van der Waals surface area contributed by atoms with Crippen molar-refractivity contribution in [1.29, 1.82) is 0 Å². The van der Waals surface area contributed by atoms with Crippen molar-refractivity contribution in [3.63, 3.8) is 0 Å². The van der Waals surface area contributed by atoms with Crippen LogP contribution in [0.5, 0.6) is 0 Å². The zero-order chi connectivity index (χ0) is 23.8. The Balaban J connectivity index is 1.40. The maximum absolute atomic E-state index is 12.6. The van der Waals surface area contributed by atoms with Crippen LogP contribution in [-0.4, -0.2) is 41.8 Å². The molecule has 0 radical (unpaired) electrons. The first-order valence-electron chi connectivity index (χ1n) is 12.5. The number of fused-ring (bicyclic) bond motifs is 6. The lowest BCUT2D eigenvalue weighted by Crippen LogP contribution is -2.55. The number of allylic oxidation sites excluding steroid dienone is 1. The quantitative estimate of drug-likeness (QED) is 0.392. The average Bonchev–Trinajstić information content (AvgIpc) is 3.33. The fraction of sp³-hybridized carbons (Fsp3) is 0.808. The number of carbonyl (C=O) groups is 3. The number of rotatable bonds is 4. The van der Waals surface area contributed by atoms with Crippen molar-refractivity contribution >= 4 is 17.8 Å². The van der Waals surface area contributed by atoms with Gasteiger partial charge in [0.1, 0.15) is 18.3 Å². The van der Waals surface area contributed by atoms with E-state index in [0.717, 1.165) is 51.4 Å². The summed E-state index contributed by atoms with van der Waals surface area (Å²) in [6.07, 6.45) is 10.1. The van der Waals surface area contributed by atoms with Gasteiger partial charge in [0.15, 0.2) is 0 Å². The topological polar surface area (TPSA) is 108 Å². The van der Waals surface area contributed by atoms with Crippen molar-refractivity contribution in [2.45, 2.75) is 96.4 Å². The molecular formula is C26H37NO6. The van der Waals surface area contributed by atoms with Crippen molar-refractivity contribution < 1.29 is 28.6 Å². The van der Waals surface area contributed by atoms with E-state index >= 15 is 0 Å². The molecule has 7 nitrogen and oxygen atoms in total. The Bertz CT molecular complexity index is 930. The van der Waals surface area contributed by atoms with Gasteiger partial charge < -0.3 is 19.9 Å². The van der Waals surface area contributed by atoms with E-state index in [4.69, 9.17) is 19.9 Å². The smallest absolute Gasteiger partial charge is 0.302 e. The average molecular weight is 460 g/mol. The third-order valence-corrected chi connectivity index (χ3v) is 10.3. The maximum Gasteiger partial charge on any atom is 0.302 e. The van der Waals surface area contributed by atoms with Gasteiger partial charge in [-0.05, 0) is 68.1 Å². The van der Waals surface area contributed by atoms with Gasteiger partial charge in [0, 0.05) is 25.7 Å². The van der Waals surface area contributed by atoms with Crippen molar-refractivity contribution in [1.82, 2.24) is 0 Å². The minimum Gasteiger partial charge on any atom is -0.462 e. The molecule has 182 valence electrons. The molecular weight excluding hydrogens is 422 g/mol. The van der Waals surface area contributed by atoms with Crippen LogP contribution in [0.2, 0.25) is 0 Å². The number of hydrogen-bond donors (Lipinski definition) is 1. The molecule has 5 rings (SSSR count). The van der Waals surface area contributed by atoms with Crippen LogP contribution in [0.4, 0.5) is 0 Å². The van der Waals surface area contributed by atoms with Crippen LogP contribution in [-0.2, 0) is 28.6 Å². The molecule has 2 N–H and O–H groups in total. The van der Waals surface area contributed by atoms with E-state index in [1.54, 1.807) is 0 Å². The second-order valence-corrected chi connectivity index (χ2v) is 11.6. The number of nitrogens with two attached hydrogens (primary N) is 1. The summed E-state index contributed by atoms with van der Waals surface area (Å²) in [5, 5.41) is 0. The standard InChI is InChI=1S/C26H37NO6/c1-15(28)31-14-25(22(27)30)26(33-25)12-9-21-19-6-5-17-13-18(32-16(2)29)7-10-23(17,3)20(19)8-11-24(21,26)4/h5,18-21H,6-14H2,1-4H3,(H2,27,30). The Morgan fingerprint density at radius 2 is 1.79 bits per heavy atom. The third kappa shape index (κ3) is 3.00. The largest absolute Gasteiger partial charge is 0.462 e. The summed E-state index contributed by atoms with van der Waals surface area (Å²) in [5.74, 6) is 0.417. The first-order valence-corrected chi connectivity index (χ1v) is 12.5. The molecule has 1 spiro atoms. The second-order valence-electron chi connectivity index (χ2n) is 11.6. The van der Waals surface area contributed by atoms with Crippen LogP contribution in [0.1, 0.15) is 79.1 Å². The van der Waals surface area contributed by atoms with E-state index < -0.39 is 23.1 Å². The van der Waals surface area contributed by atoms with E-state index in [0.29, 0.717) is 17.8 Å². The molecule has 0 aromatic rings.